The van der Waals surface area contributed by atoms with Crippen LogP contribution in [0.2, 0.25) is 0 Å². The summed E-state index contributed by atoms with van der Waals surface area (Å²) < 4.78 is 91.6. The average molecular weight is 1080 g/mol. The van der Waals surface area contributed by atoms with Gasteiger partial charge in [0.05, 0.1) is 52.9 Å². The van der Waals surface area contributed by atoms with E-state index >= 15 is 0 Å². The van der Waals surface area contributed by atoms with E-state index in [0.29, 0.717) is 105 Å². The second kappa shape index (κ2) is 27.0. The second-order valence-electron chi connectivity index (χ2n) is 21.2. The molecule has 0 spiro atoms. The molecule has 78 heavy (non-hydrogen) atoms. The van der Waals surface area contributed by atoms with Gasteiger partial charge in [0.25, 0.3) is 0 Å². The lowest BCUT2D eigenvalue weighted by Gasteiger charge is -2.36. The van der Waals surface area contributed by atoms with Gasteiger partial charge in [-0.05, 0) is 49.9 Å². The van der Waals surface area contributed by atoms with E-state index in [-0.39, 0.29) is 94.4 Å². The molecule has 0 radical (unpaired) electrons. The minimum Gasteiger partial charge on any atom is -0.502 e. The maximum absolute atomic E-state index is 12.8. The van der Waals surface area contributed by atoms with E-state index in [1.54, 1.807) is 0 Å². The number of hydrogen-bond acceptors (Lipinski definition) is 16. The molecule has 16 heteroatoms. The van der Waals surface area contributed by atoms with Crippen LogP contribution in [0.4, 0.5) is 0 Å². The van der Waals surface area contributed by atoms with Gasteiger partial charge in [-0.1, -0.05) is 105 Å². The van der Waals surface area contributed by atoms with Crippen LogP contribution in [0.25, 0.3) is 0 Å². The van der Waals surface area contributed by atoms with Crippen LogP contribution in [0.5, 0.6) is 69.0 Å². The van der Waals surface area contributed by atoms with Crippen molar-refractivity contribution in [2.75, 3.05) is 93.2 Å². The van der Waals surface area contributed by atoms with Gasteiger partial charge in [0.1, 0.15) is 13.2 Å². The summed E-state index contributed by atoms with van der Waals surface area (Å²) in [5.41, 5.74) is 6.82. The van der Waals surface area contributed by atoms with Gasteiger partial charge in [0.15, 0.2) is 46.0 Å². The van der Waals surface area contributed by atoms with E-state index < -0.39 is 5.92 Å². The van der Waals surface area contributed by atoms with Crippen LogP contribution in [0.1, 0.15) is 199 Å². The summed E-state index contributed by atoms with van der Waals surface area (Å²) in [6.07, 6.45) is 14.2. The molecule has 4 aromatic rings. The van der Waals surface area contributed by atoms with Gasteiger partial charge in [-0.25, -0.2) is 0 Å². The van der Waals surface area contributed by atoms with Crippen LogP contribution in [0.3, 0.4) is 0 Å². The molecular weight excluding hydrogens is 1000 g/mol. The van der Waals surface area contributed by atoms with E-state index in [0.717, 1.165) is 128 Å². The van der Waals surface area contributed by atoms with Crippen LogP contribution >= 0.6 is 0 Å². The van der Waals surface area contributed by atoms with Gasteiger partial charge < -0.3 is 76.5 Å². The molecule has 4 aromatic carbocycles. The number of hydrogen-bond donors (Lipinski definition) is 2. The summed E-state index contributed by atoms with van der Waals surface area (Å²) in [6.45, 7) is 11.1. The monoisotopic (exact) mass is 1080 g/mol. The van der Waals surface area contributed by atoms with Crippen LogP contribution < -0.4 is 47.4 Å². The SMILES string of the molecule is CCCCCC1c2cc3c4c(O)c2OCOc2c1cc1c(c2O)OCOc2c(cc5c6c2OCCOCCOCCOCCOCCOc2c(c(cc(c2OCO6)C5CCCCC)C3CCCCC)OCO4)C1CCCCC. The van der Waals surface area contributed by atoms with Crippen molar-refractivity contribution in [1.82, 2.24) is 0 Å². The van der Waals surface area contributed by atoms with Gasteiger partial charge in [0, 0.05) is 68.2 Å². The normalized spacial score (nSPS) is 20.8. The van der Waals surface area contributed by atoms with E-state index in [4.69, 9.17) is 66.3 Å². The second-order valence-corrected chi connectivity index (χ2v) is 21.2. The number of benzene rings is 4. The van der Waals surface area contributed by atoms with Crippen molar-refractivity contribution >= 4 is 0 Å². The Labute approximate surface area is 460 Å². The maximum atomic E-state index is 12.8. The first kappa shape index (κ1) is 55.6. The zero-order valence-electron chi connectivity index (χ0n) is 46.4. The van der Waals surface area contributed by atoms with Crippen molar-refractivity contribution in [3.8, 4) is 69.0 Å². The zero-order valence-corrected chi connectivity index (χ0v) is 46.4. The lowest BCUT2D eigenvalue weighted by atomic mass is 9.75. The van der Waals surface area contributed by atoms with Crippen LogP contribution in [-0.2, 0) is 18.9 Å². The molecule has 0 aromatic heterocycles. The smallest absolute Gasteiger partial charge is 0.231 e. The number of phenolic OH excluding ortho intramolecular Hbond substituents is 2. The summed E-state index contributed by atoms with van der Waals surface area (Å²) in [6, 6.07) is 8.94. The molecule has 5 heterocycles. The summed E-state index contributed by atoms with van der Waals surface area (Å²) in [5, 5.41) is 25.6. The molecule has 6 aliphatic rings. The fraction of sp³-hybridized carbons (Fsp3) is 0.613. The fourth-order valence-electron chi connectivity index (χ4n) is 12.3. The average Bonchev–Trinajstić information content (AvgIpc) is 3.55. The fourth-order valence-corrected chi connectivity index (χ4v) is 12.3. The molecule has 426 valence electrons. The van der Waals surface area contributed by atoms with Crippen molar-refractivity contribution < 1.29 is 76.5 Å². The molecule has 5 aliphatic heterocycles. The number of rotatable bonds is 16. The highest BCUT2D eigenvalue weighted by atomic mass is 16.7. The van der Waals surface area contributed by atoms with E-state index in [1.165, 1.54) is 0 Å². The number of ether oxygens (including phenoxy) is 14. The third-order valence-electron chi connectivity index (χ3n) is 16.1. The standard InChI is InChI=1S/C62H82O16/c1-5-9-13-17-39-43-31-45-40(18-14-10-6-2)47-33-49-42(20-16-12-8-4)50-34-48-41(19-15-11-7-3)46-32-44(39)54-52(64)56(46)74-37-76-58(48)62-60(50)78-38-77-59(49)61(57(47)75-36-73-55(45)51(63)53(43)71-35-72-54)69-29-27-67-25-23-65-21-22-66-24-26-68-28-30-70-62/h31-34,39-42,63-64H,5-30,35-38H2,1-4H3. The maximum Gasteiger partial charge on any atom is 0.231 e. The lowest BCUT2D eigenvalue weighted by Crippen LogP contribution is -2.24. The van der Waals surface area contributed by atoms with Crippen molar-refractivity contribution in [3.63, 3.8) is 0 Å². The highest BCUT2D eigenvalue weighted by Gasteiger charge is 2.42. The lowest BCUT2D eigenvalue weighted by molar-refractivity contribution is -0.00730. The number of aromatic hydroxyl groups is 2. The van der Waals surface area contributed by atoms with E-state index in [9.17, 15) is 10.2 Å². The van der Waals surface area contributed by atoms with E-state index in [2.05, 4.69) is 52.0 Å². The predicted octanol–water partition coefficient (Wildman–Crippen LogP) is 13.0. The number of unbranched alkanes of at least 4 members (excludes halogenated alkanes) is 8. The summed E-state index contributed by atoms with van der Waals surface area (Å²) in [5.74, 6) is 2.35. The minimum absolute atomic E-state index is 0.116. The molecule has 2 atom stereocenters. The van der Waals surface area contributed by atoms with Gasteiger partial charge in [0.2, 0.25) is 50.2 Å². The number of phenols is 2. The van der Waals surface area contributed by atoms with Gasteiger partial charge >= 0.3 is 0 Å². The highest BCUT2D eigenvalue weighted by molar-refractivity contribution is 5.73. The molecule has 0 fully saturated rings. The van der Waals surface area contributed by atoms with Gasteiger partial charge in [-0.2, -0.15) is 0 Å². The molecular formula is C62H82O16. The summed E-state index contributed by atoms with van der Waals surface area (Å²) >= 11 is 0. The topological polar surface area (TPSA) is 170 Å². The summed E-state index contributed by atoms with van der Waals surface area (Å²) in [7, 11) is 0. The molecule has 0 saturated carbocycles. The predicted molar refractivity (Wildman–Crippen MR) is 292 cm³/mol. The zero-order chi connectivity index (χ0) is 53.8. The summed E-state index contributed by atoms with van der Waals surface area (Å²) in [4.78, 5) is 0. The van der Waals surface area contributed by atoms with Gasteiger partial charge in [-0.15, -0.1) is 0 Å². The molecule has 10 rings (SSSR count). The Balaban J connectivity index is 1.32. The molecule has 1 aliphatic carbocycles. The van der Waals surface area contributed by atoms with Crippen LogP contribution in [0, 0.1) is 0 Å². The largest absolute Gasteiger partial charge is 0.502 e. The Morgan fingerprint density at radius 1 is 0.282 bits per heavy atom. The molecule has 2 N–H and O–H groups in total. The van der Waals surface area contributed by atoms with Crippen LogP contribution in [-0.4, -0.2) is 103 Å². The Kier molecular flexibility index (Phi) is 19.2. The third-order valence-corrected chi connectivity index (χ3v) is 16.1. The molecule has 0 amide bonds. The van der Waals surface area contributed by atoms with Crippen molar-refractivity contribution in [2.24, 2.45) is 0 Å². The first-order chi connectivity index (χ1) is 38.5. The van der Waals surface area contributed by atoms with Gasteiger partial charge in [-0.3, -0.25) is 0 Å². The highest BCUT2D eigenvalue weighted by Crippen LogP contribution is 2.62. The van der Waals surface area contributed by atoms with Crippen LogP contribution in [0.15, 0.2) is 24.3 Å². The minimum atomic E-state index is -0.401. The van der Waals surface area contributed by atoms with Crippen molar-refractivity contribution in [3.05, 3.63) is 68.8 Å². The van der Waals surface area contributed by atoms with Crippen molar-refractivity contribution in [2.45, 2.75) is 154 Å². The Morgan fingerprint density at radius 3 is 0.744 bits per heavy atom. The molecule has 2 unspecified atom stereocenters. The third kappa shape index (κ3) is 11.8. The Hall–Kier alpha value is -5.68. The molecule has 12 bridgehead atoms. The first-order valence-electron chi connectivity index (χ1n) is 29.3. The Bertz CT molecular complexity index is 2480. The first-order valence-corrected chi connectivity index (χ1v) is 29.3. The van der Waals surface area contributed by atoms with Crippen molar-refractivity contribution in [1.29, 1.82) is 0 Å². The molecule has 16 nitrogen and oxygen atoms in total. The quantitative estimate of drug-likeness (QED) is 0.102. The van der Waals surface area contributed by atoms with E-state index in [1.807, 2.05) is 0 Å². The molecule has 0 saturated heterocycles. The Morgan fingerprint density at radius 2 is 0.500 bits per heavy atom. The number of fused-ring (bicyclic) bond motifs is 2.